The Balaban J connectivity index is 1.67. The lowest BCUT2D eigenvalue weighted by Gasteiger charge is -2.64. The van der Waals surface area contributed by atoms with Crippen LogP contribution in [-0.4, -0.2) is 67.8 Å². The van der Waals surface area contributed by atoms with Gasteiger partial charge in [0.2, 0.25) is 0 Å². The van der Waals surface area contributed by atoms with Crippen LogP contribution in [-0.2, 0) is 19.1 Å². The molecule has 0 aromatic rings. The fraction of sp³-hybridized carbons (Fsp3) is 0.889. The Morgan fingerprint density at radius 1 is 0.833 bits per heavy atom. The summed E-state index contributed by atoms with van der Waals surface area (Å²) in [6.07, 6.45) is 3.56. The second kappa shape index (κ2) is 7.00. The molecule has 0 radical (unpaired) electrons. The highest BCUT2D eigenvalue weighted by Gasteiger charge is 2.57. The number of carbonyl (C=O) groups excluding carboxylic acids is 2. The first-order valence-electron chi connectivity index (χ1n) is 9.24. The molecule has 4 bridgehead atoms. The Hall–Kier alpha value is -1.14. The number of piperidine rings is 2. The molecule has 4 aliphatic heterocycles. The maximum absolute atomic E-state index is 12.2. The van der Waals surface area contributed by atoms with E-state index >= 15 is 0 Å². The lowest BCUT2D eigenvalue weighted by atomic mass is 9.60. The minimum Gasteiger partial charge on any atom is -0.466 e. The third kappa shape index (κ3) is 3.75. The molecule has 6 nitrogen and oxygen atoms in total. The van der Waals surface area contributed by atoms with Gasteiger partial charge in [-0.2, -0.15) is 0 Å². The van der Waals surface area contributed by atoms with E-state index in [0.29, 0.717) is 26.1 Å². The van der Waals surface area contributed by atoms with Crippen LogP contribution in [0.25, 0.3) is 0 Å². The van der Waals surface area contributed by atoms with Gasteiger partial charge in [-0.15, -0.1) is 0 Å². The average Bonchev–Trinajstić information content (AvgIpc) is 2.48. The largest absolute Gasteiger partial charge is 0.466 e. The zero-order valence-corrected chi connectivity index (χ0v) is 15.0. The van der Waals surface area contributed by atoms with Crippen LogP contribution in [0.5, 0.6) is 0 Å². The summed E-state index contributed by atoms with van der Waals surface area (Å²) in [6.45, 7) is 9.73. The average molecular weight is 338 g/mol. The molecule has 0 aliphatic carbocycles. The Kier molecular flexibility index (Phi) is 5.16. The minimum absolute atomic E-state index is 0.0649. The van der Waals surface area contributed by atoms with Crippen LogP contribution in [0, 0.1) is 10.8 Å². The predicted octanol–water partition coefficient (Wildman–Crippen LogP) is 1.64. The lowest BCUT2D eigenvalue weighted by molar-refractivity contribution is -0.186. The molecule has 0 atom stereocenters. The first-order chi connectivity index (χ1) is 11.5. The lowest BCUT2D eigenvalue weighted by Crippen LogP contribution is -2.71. The quantitative estimate of drug-likeness (QED) is 0.627. The van der Waals surface area contributed by atoms with Crippen molar-refractivity contribution in [3.63, 3.8) is 0 Å². The summed E-state index contributed by atoms with van der Waals surface area (Å²) in [7, 11) is 0. The maximum Gasteiger partial charge on any atom is 0.306 e. The van der Waals surface area contributed by atoms with Crippen LogP contribution in [0.2, 0.25) is 0 Å². The van der Waals surface area contributed by atoms with Crippen molar-refractivity contribution in [2.45, 2.75) is 46.0 Å². The molecule has 6 heteroatoms. The number of hydrogen-bond donors (Lipinski definition) is 0. The van der Waals surface area contributed by atoms with Crippen LogP contribution in [0.3, 0.4) is 0 Å². The molecule has 4 rings (SSSR count). The van der Waals surface area contributed by atoms with Crippen molar-refractivity contribution in [2.75, 3.05) is 46.1 Å². The van der Waals surface area contributed by atoms with Crippen LogP contribution in [0.1, 0.15) is 46.0 Å². The highest BCUT2D eigenvalue weighted by atomic mass is 16.5. The SMILES string of the molecule is CCCOC(=O)CC12CN3CN(C1)CC(CC(=O)OCCC)(C3)C2. The van der Waals surface area contributed by atoms with Gasteiger partial charge in [-0.05, 0) is 19.3 Å². The van der Waals surface area contributed by atoms with E-state index in [4.69, 9.17) is 9.47 Å². The summed E-state index contributed by atoms with van der Waals surface area (Å²) in [5.74, 6) is -0.185. The van der Waals surface area contributed by atoms with Gasteiger partial charge < -0.3 is 9.47 Å². The number of carbonyl (C=O) groups is 2. The Morgan fingerprint density at radius 2 is 1.25 bits per heavy atom. The first-order valence-corrected chi connectivity index (χ1v) is 9.24. The Morgan fingerprint density at radius 3 is 1.62 bits per heavy atom. The van der Waals surface area contributed by atoms with Gasteiger partial charge in [-0.3, -0.25) is 19.4 Å². The van der Waals surface area contributed by atoms with Gasteiger partial charge in [-0.1, -0.05) is 13.8 Å². The van der Waals surface area contributed by atoms with E-state index in [0.717, 1.165) is 52.1 Å². The monoisotopic (exact) mass is 338 g/mol. The molecular formula is C18H30N2O4. The first kappa shape index (κ1) is 17.7. The summed E-state index contributed by atoms with van der Waals surface area (Å²) < 4.78 is 10.7. The number of ether oxygens (including phenoxy) is 2. The number of rotatable bonds is 8. The van der Waals surface area contributed by atoms with Gasteiger partial charge in [-0.25, -0.2) is 0 Å². The van der Waals surface area contributed by atoms with Gasteiger partial charge in [0, 0.05) is 37.0 Å². The van der Waals surface area contributed by atoms with Crippen molar-refractivity contribution in [1.82, 2.24) is 9.80 Å². The van der Waals surface area contributed by atoms with Crippen LogP contribution in [0.15, 0.2) is 0 Å². The van der Waals surface area contributed by atoms with Gasteiger partial charge in [0.25, 0.3) is 0 Å². The van der Waals surface area contributed by atoms with Gasteiger partial charge in [0.15, 0.2) is 0 Å². The molecule has 0 aromatic carbocycles. The topological polar surface area (TPSA) is 59.1 Å². The van der Waals surface area contributed by atoms with Crippen molar-refractivity contribution in [2.24, 2.45) is 10.8 Å². The molecule has 24 heavy (non-hydrogen) atoms. The van der Waals surface area contributed by atoms with Gasteiger partial charge in [0.05, 0.1) is 32.7 Å². The smallest absolute Gasteiger partial charge is 0.306 e. The Bertz CT molecular complexity index is 439. The molecule has 0 amide bonds. The van der Waals surface area contributed by atoms with E-state index in [1.54, 1.807) is 0 Å². The van der Waals surface area contributed by atoms with Crippen molar-refractivity contribution < 1.29 is 19.1 Å². The molecule has 0 aromatic heterocycles. The summed E-state index contributed by atoms with van der Waals surface area (Å²) in [4.78, 5) is 29.2. The fourth-order valence-electron chi connectivity index (χ4n) is 5.11. The molecule has 0 saturated carbocycles. The third-order valence-electron chi connectivity index (χ3n) is 5.36. The van der Waals surface area contributed by atoms with Gasteiger partial charge in [0.1, 0.15) is 0 Å². The molecule has 0 spiro atoms. The van der Waals surface area contributed by atoms with E-state index in [1.807, 2.05) is 13.8 Å². The van der Waals surface area contributed by atoms with E-state index in [-0.39, 0.29) is 22.8 Å². The summed E-state index contributed by atoms with van der Waals surface area (Å²) >= 11 is 0. The zero-order valence-electron chi connectivity index (χ0n) is 15.0. The van der Waals surface area contributed by atoms with Crippen LogP contribution >= 0.6 is 0 Å². The van der Waals surface area contributed by atoms with Crippen LogP contribution in [0.4, 0.5) is 0 Å². The Labute approximate surface area is 144 Å². The molecule has 0 N–H and O–H groups in total. The van der Waals surface area contributed by atoms with Gasteiger partial charge >= 0.3 is 11.9 Å². The number of nitrogens with zero attached hydrogens (tertiary/aromatic N) is 2. The second-order valence-corrected chi connectivity index (χ2v) is 8.09. The summed E-state index contributed by atoms with van der Waals surface area (Å²) in [6, 6.07) is 0. The molecule has 136 valence electrons. The standard InChI is InChI=1S/C18H30N2O4/c1-3-5-23-15(21)7-17-9-18(8-16(22)24-6-4-2)12-19(10-17)14-20(11-17)13-18/h3-14H2,1-2H3. The van der Waals surface area contributed by atoms with Crippen molar-refractivity contribution in [1.29, 1.82) is 0 Å². The highest BCUT2D eigenvalue weighted by molar-refractivity contribution is 5.71. The van der Waals surface area contributed by atoms with E-state index in [9.17, 15) is 9.59 Å². The molecule has 4 fully saturated rings. The molecule has 4 aliphatic rings. The molecule has 4 saturated heterocycles. The van der Waals surface area contributed by atoms with E-state index in [2.05, 4.69) is 9.80 Å². The normalized spacial score (nSPS) is 36.6. The number of esters is 2. The minimum atomic E-state index is -0.0927. The molecular weight excluding hydrogens is 308 g/mol. The molecule has 0 unspecified atom stereocenters. The fourth-order valence-corrected chi connectivity index (χ4v) is 5.11. The van der Waals surface area contributed by atoms with Crippen molar-refractivity contribution in [3.05, 3.63) is 0 Å². The van der Waals surface area contributed by atoms with Crippen molar-refractivity contribution >= 4 is 11.9 Å². The highest BCUT2D eigenvalue weighted by Crippen LogP contribution is 2.52. The van der Waals surface area contributed by atoms with Crippen molar-refractivity contribution in [3.8, 4) is 0 Å². The summed E-state index contributed by atoms with van der Waals surface area (Å²) in [5.41, 5.74) is -0.130. The maximum atomic E-state index is 12.2. The third-order valence-corrected chi connectivity index (χ3v) is 5.36. The molecule has 4 heterocycles. The van der Waals surface area contributed by atoms with Crippen LogP contribution < -0.4 is 0 Å². The predicted molar refractivity (Wildman–Crippen MR) is 89.2 cm³/mol. The van der Waals surface area contributed by atoms with E-state index in [1.165, 1.54) is 0 Å². The van der Waals surface area contributed by atoms with E-state index < -0.39 is 0 Å². The zero-order chi connectivity index (χ0) is 17.2. The number of hydrogen-bond acceptors (Lipinski definition) is 6. The summed E-state index contributed by atoms with van der Waals surface area (Å²) in [5, 5.41) is 0. The second-order valence-electron chi connectivity index (χ2n) is 8.09.